The second-order valence-electron chi connectivity index (χ2n) is 15.0. The monoisotopic (exact) mass is 667 g/mol. The zero-order valence-electron chi connectivity index (χ0n) is 29.2. The zero-order valence-corrected chi connectivity index (χ0v) is 29.2. The third-order valence-corrected chi connectivity index (χ3v) is 11.1. The number of nitrogens with one attached hydrogen (secondary N) is 2. The summed E-state index contributed by atoms with van der Waals surface area (Å²) in [6, 6.07) is 35.2. The zero-order chi connectivity index (χ0) is 35.1. The number of carbonyl (C=O) groups is 3. The van der Waals surface area contributed by atoms with E-state index in [9.17, 15) is 9.59 Å². The number of hydrogen-bond acceptors (Lipinski definition) is 5. The van der Waals surface area contributed by atoms with Crippen molar-refractivity contribution in [3.8, 4) is 5.75 Å². The molecule has 1 aliphatic heterocycles. The van der Waals surface area contributed by atoms with Gasteiger partial charge in [-0.1, -0.05) is 103 Å². The van der Waals surface area contributed by atoms with Crippen LogP contribution in [0, 0.1) is 11.3 Å². The van der Waals surface area contributed by atoms with E-state index in [-0.39, 0.29) is 30.2 Å². The molecule has 3 aliphatic carbocycles. The lowest BCUT2D eigenvalue weighted by molar-refractivity contribution is -0.144. The third-order valence-electron chi connectivity index (χ3n) is 11.1. The van der Waals surface area contributed by atoms with Crippen LogP contribution in [0.2, 0.25) is 0 Å². The van der Waals surface area contributed by atoms with Gasteiger partial charge in [-0.2, -0.15) is 0 Å². The van der Waals surface area contributed by atoms with Crippen LogP contribution in [0.15, 0.2) is 115 Å². The fourth-order valence-corrected chi connectivity index (χ4v) is 9.13. The Balaban J connectivity index is 1.32. The molecule has 0 radical (unpaired) electrons. The Morgan fingerprint density at radius 3 is 2.26 bits per heavy atom. The first-order valence-corrected chi connectivity index (χ1v) is 17.5. The van der Waals surface area contributed by atoms with Crippen LogP contribution in [0.5, 0.6) is 5.75 Å². The summed E-state index contributed by atoms with van der Waals surface area (Å²) in [5.41, 5.74) is 3.12. The number of amides is 3. The van der Waals surface area contributed by atoms with Crippen molar-refractivity contribution in [2.75, 3.05) is 20.2 Å². The van der Waals surface area contributed by atoms with Crippen LogP contribution in [-0.4, -0.2) is 48.4 Å². The largest absolute Gasteiger partial charge is 0.496 e. The fourth-order valence-electron chi connectivity index (χ4n) is 9.13. The van der Waals surface area contributed by atoms with Gasteiger partial charge in [0.05, 0.1) is 12.5 Å². The molecule has 0 aromatic heterocycles. The van der Waals surface area contributed by atoms with Crippen LogP contribution in [-0.2, 0) is 19.8 Å². The molecule has 256 valence electrons. The van der Waals surface area contributed by atoms with Crippen LogP contribution in [0.4, 0.5) is 0 Å². The fraction of sp³-hybridized carbons (Fsp3) is 0.326. The van der Waals surface area contributed by atoms with Gasteiger partial charge in [0.1, 0.15) is 11.8 Å². The van der Waals surface area contributed by atoms with Crippen molar-refractivity contribution < 1.29 is 19.1 Å². The van der Waals surface area contributed by atoms with Crippen molar-refractivity contribution in [2.24, 2.45) is 11.3 Å². The quantitative estimate of drug-likeness (QED) is 0.202. The maximum Gasteiger partial charge on any atom is 0.248 e. The Morgan fingerprint density at radius 1 is 0.880 bits per heavy atom. The molecule has 0 unspecified atom stereocenters. The minimum absolute atomic E-state index is 0.163. The maximum atomic E-state index is 15.2. The number of likely N-dealkylation sites (tertiary alicyclic amines) is 1. The average Bonchev–Trinajstić information content (AvgIpc) is 3.58. The summed E-state index contributed by atoms with van der Waals surface area (Å²) in [5, 5.41) is 6.38. The van der Waals surface area contributed by atoms with Crippen molar-refractivity contribution in [3.63, 3.8) is 0 Å². The van der Waals surface area contributed by atoms with E-state index in [0.717, 1.165) is 35.1 Å². The van der Waals surface area contributed by atoms with Crippen molar-refractivity contribution in [1.29, 1.82) is 0 Å². The second-order valence-corrected chi connectivity index (χ2v) is 15.0. The van der Waals surface area contributed by atoms with E-state index in [1.165, 1.54) is 5.56 Å². The highest BCUT2D eigenvalue weighted by Gasteiger charge is 2.70. The second kappa shape index (κ2) is 13.0. The van der Waals surface area contributed by atoms with Gasteiger partial charge in [0.15, 0.2) is 0 Å². The Morgan fingerprint density at radius 2 is 1.54 bits per heavy atom. The van der Waals surface area contributed by atoms with Crippen molar-refractivity contribution in [1.82, 2.24) is 15.5 Å². The highest BCUT2D eigenvalue weighted by molar-refractivity contribution is 6.03. The molecule has 2 N–H and O–H groups in total. The molecule has 4 aliphatic rings. The van der Waals surface area contributed by atoms with Crippen LogP contribution in [0.3, 0.4) is 0 Å². The molecule has 1 saturated heterocycles. The first kappa shape index (κ1) is 33.5. The maximum absolute atomic E-state index is 15.2. The number of nitrogens with zero attached hydrogens (tertiary/aromatic N) is 1. The molecule has 4 aromatic carbocycles. The molecule has 5 atom stereocenters. The lowest BCUT2D eigenvalue weighted by Crippen LogP contribution is -2.63. The van der Waals surface area contributed by atoms with Gasteiger partial charge in [-0.3, -0.25) is 25.0 Å². The number of imide groups is 1. The molecule has 2 bridgehead atoms. The summed E-state index contributed by atoms with van der Waals surface area (Å²) in [5.74, 6) is -0.625. The third kappa shape index (κ3) is 5.63. The van der Waals surface area contributed by atoms with Gasteiger partial charge in [-0.05, 0) is 68.0 Å². The Kier molecular flexibility index (Phi) is 8.73. The van der Waals surface area contributed by atoms with Gasteiger partial charge in [0, 0.05) is 47.5 Å². The van der Waals surface area contributed by atoms with E-state index < -0.39 is 28.3 Å². The SMILES string of the molecule is COc1ccccc1C=CC(=O)N1C[C@H]2[C@@]3(c4ccccc4)CC[C@H](c4ccccc43)[C@@]2(C(=O)NC(=O)[C@@H](NC(C)(C)C)c2ccccc2)C1. The van der Waals surface area contributed by atoms with Gasteiger partial charge >= 0.3 is 0 Å². The normalized spacial score (nSPS) is 24.4. The van der Waals surface area contributed by atoms with Gasteiger partial charge in [-0.25, -0.2) is 0 Å². The molecule has 3 amide bonds. The minimum Gasteiger partial charge on any atom is -0.496 e. The number of ether oxygens (including phenoxy) is 1. The van der Waals surface area contributed by atoms with Gasteiger partial charge in [0.2, 0.25) is 17.7 Å². The molecule has 8 rings (SSSR count). The summed E-state index contributed by atoms with van der Waals surface area (Å²) in [7, 11) is 1.61. The number of benzene rings is 4. The lowest BCUT2D eigenvalue weighted by Gasteiger charge is -2.60. The van der Waals surface area contributed by atoms with Crippen LogP contribution in [0.25, 0.3) is 6.08 Å². The highest BCUT2D eigenvalue weighted by atomic mass is 16.5. The standard InChI is InChI=1S/C43H45N3O4/c1-41(2,3)45-38(30-16-7-5-8-17-30)39(48)44-40(49)43-28-46(37(47)24-23-29-15-11-14-22-35(29)50-4)27-36(43)42(31-18-9-6-10-19-31)26-25-34(43)32-20-12-13-21-33(32)42/h5-24,34,36,38,45H,25-28H2,1-4H3,(H,44,48,49)/t34-,36+,38+,42-,43+/m1/s1. The minimum atomic E-state index is -1.03. The summed E-state index contributed by atoms with van der Waals surface area (Å²) in [6.45, 7) is 6.62. The predicted molar refractivity (Wildman–Crippen MR) is 195 cm³/mol. The number of rotatable bonds is 8. The summed E-state index contributed by atoms with van der Waals surface area (Å²) in [6.07, 6.45) is 4.97. The molecule has 7 nitrogen and oxygen atoms in total. The van der Waals surface area contributed by atoms with Crippen LogP contribution < -0.4 is 15.4 Å². The van der Waals surface area contributed by atoms with E-state index in [4.69, 9.17) is 4.74 Å². The molecular weight excluding hydrogens is 622 g/mol. The van der Waals surface area contributed by atoms with Crippen LogP contribution >= 0.6 is 0 Å². The number of methoxy groups -OCH3 is 1. The summed E-state index contributed by atoms with van der Waals surface area (Å²) >= 11 is 0. The predicted octanol–water partition coefficient (Wildman–Crippen LogP) is 6.80. The Labute approximate surface area is 294 Å². The molecular formula is C43H45N3O4. The number of carbonyl (C=O) groups excluding carboxylic acids is 3. The van der Waals surface area contributed by atoms with Crippen LogP contribution in [0.1, 0.15) is 73.4 Å². The molecule has 0 spiro atoms. The Hall–Kier alpha value is -5.01. The van der Waals surface area contributed by atoms with Gasteiger partial charge in [0.25, 0.3) is 0 Å². The average molecular weight is 668 g/mol. The van der Waals surface area contributed by atoms with E-state index in [0.29, 0.717) is 12.3 Å². The first-order valence-electron chi connectivity index (χ1n) is 17.5. The Bertz CT molecular complexity index is 1930. The van der Waals surface area contributed by atoms with Gasteiger partial charge in [-0.15, -0.1) is 0 Å². The molecule has 4 aromatic rings. The lowest BCUT2D eigenvalue weighted by atomic mass is 9.42. The number of hydrogen-bond donors (Lipinski definition) is 2. The molecule has 1 heterocycles. The van der Waals surface area contributed by atoms with E-state index in [2.05, 4.69) is 53.1 Å². The molecule has 2 fully saturated rings. The first-order chi connectivity index (χ1) is 24.1. The summed E-state index contributed by atoms with van der Waals surface area (Å²) < 4.78 is 5.51. The van der Waals surface area contributed by atoms with E-state index in [1.807, 2.05) is 92.4 Å². The molecule has 1 saturated carbocycles. The van der Waals surface area contributed by atoms with E-state index in [1.54, 1.807) is 19.3 Å². The highest BCUT2D eigenvalue weighted by Crippen LogP contribution is 2.69. The van der Waals surface area contributed by atoms with Gasteiger partial charge < -0.3 is 9.64 Å². The summed E-state index contributed by atoms with van der Waals surface area (Å²) in [4.78, 5) is 45.4. The van der Waals surface area contributed by atoms with Crippen molar-refractivity contribution >= 4 is 23.8 Å². The smallest absolute Gasteiger partial charge is 0.248 e. The topological polar surface area (TPSA) is 87.7 Å². The number of para-hydroxylation sites is 1. The molecule has 7 heteroatoms. The van der Waals surface area contributed by atoms with Crippen molar-refractivity contribution in [3.05, 3.63) is 143 Å². The number of fused-ring (bicyclic) bond motifs is 1. The van der Waals surface area contributed by atoms with Crippen molar-refractivity contribution in [2.45, 2.75) is 56.5 Å². The molecule has 50 heavy (non-hydrogen) atoms. The van der Waals surface area contributed by atoms with E-state index >= 15 is 4.79 Å².